The molecule has 12 heavy (non-hydrogen) atoms. The topological polar surface area (TPSA) is 0 Å². The molecule has 0 unspecified atom stereocenters. The van der Waals surface area contributed by atoms with Crippen LogP contribution in [-0.2, 0) is 0 Å². The Balaban J connectivity index is 2.99. The van der Waals surface area contributed by atoms with E-state index in [1.807, 2.05) is 0 Å². The second-order valence-corrected chi connectivity index (χ2v) is 4.06. The van der Waals surface area contributed by atoms with Crippen LogP contribution in [0.1, 0.15) is 67.4 Å². The van der Waals surface area contributed by atoms with Crippen LogP contribution in [0.15, 0.2) is 0 Å². The SMILES string of the molecule is [2H]C([2H])(C)CCCCCCCCCBr. The first kappa shape index (κ1) is 9.05. The minimum Gasteiger partial charge on any atom is -0.0928 e. The third-order valence-electron chi connectivity index (χ3n) is 2.06. The molecule has 0 N–H and O–H groups in total. The fourth-order valence-electron chi connectivity index (χ4n) is 1.28. The molecule has 0 heterocycles. The zero-order valence-electron chi connectivity index (χ0n) is 10.2. The molecule has 0 aromatic rings. The highest BCUT2D eigenvalue weighted by atomic mass is 79.9. The number of alkyl halides is 1. The summed E-state index contributed by atoms with van der Waals surface area (Å²) < 4.78 is 14.7. The molecule has 0 rings (SSSR count). The summed E-state index contributed by atoms with van der Waals surface area (Å²) in [6, 6.07) is 0. The van der Waals surface area contributed by atoms with E-state index in [1.165, 1.54) is 38.5 Å². The first-order valence-corrected chi connectivity index (χ1v) is 6.24. The number of hydrogen-bond donors (Lipinski definition) is 0. The Kier molecular flexibility index (Phi) is 8.66. The first-order chi connectivity index (χ1) is 6.56. The van der Waals surface area contributed by atoms with E-state index in [4.69, 9.17) is 2.74 Å². The summed E-state index contributed by atoms with van der Waals surface area (Å²) in [7, 11) is 0. The fourth-order valence-corrected chi connectivity index (χ4v) is 1.68. The molecule has 0 amide bonds. The average molecular weight is 237 g/mol. The van der Waals surface area contributed by atoms with Gasteiger partial charge in [-0.25, -0.2) is 0 Å². The molecule has 0 saturated heterocycles. The van der Waals surface area contributed by atoms with Crippen molar-refractivity contribution < 1.29 is 2.74 Å². The maximum Gasteiger partial charge on any atom is 0.0264 e. The van der Waals surface area contributed by atoms with Gasteiger partial charge in [0.05, 0.1) is 0 Å². The van der Waals surface area contributed by atoms with Gasteiger partial charge in [-0.2, -0.15) is 0 Å². The Hall–Kier alpha value is 0.480. The Morgan fingerprint density at radius 2 is 1.25 bits per heavy atom. The van der Waals surface area contributed by atoms with Gasteiger partial charge in [-0.05, 0) is 6.42 Å². The highest BCUT2D eigenvalue weighted by Gasteiger charge is 1.90. The van der Waals surface area contributed by atoms with Crippen LogP contribution in [0.25, 0.3) is 0 Å². The van der Waals surface area contributed by atoms with Crippen molar-refractivity contribution in [3.05, 3.63) is 0 Å². The molecule has 1 heteroatoms. The smallest absolute Gasteiger partial charge is 0.0264 e. The summed E-state index contributed by atoms with van der Waals surface area (Å²) >= 11 is 3.42. The molecule has 0 aromatic heterocycles. The Morgan fingerprint density at radius 3 is 1.67 bits per heavy atom. The molecule has 74 valence electrons. The molecule has 0 radical (unpaired) electrons. The number of rotatable bonds is 9. The van der Waals surface area contributed by atoms with Gasteiger partial charge >= 0.3 is 0 Å². The molecular weight excluding hydrogens is 212 g/mol. The quantitative estimate of drug-likeness (QED) is 0.394. The lowest BCUT2D eigenvalue weighted by Gasteiger charge is -1.99. The van der Waals surface area contributed by atoms with Gasteiger partial charge in [0, 0.05) is 8.07 Å². The molecule has 0 bridgehead atoms. The van der Waals surface area contributed by atoms with Crippen LogP contribution in [0, 0.1) is 0 Å². The third kappa shape index (κ3) is 10.5. The van der Waals surface area contributed by atoms with Crippen molar-refractivity contribution in [1.82, 2.24) is 0 Å². The largest absolute Gasteiger partial charge is 0.0928 e. The van der Waals surface area contributed by atoms with Gasteiger partial charge in [0.2, 0.25) is 0 Å². The molecule has 0 atom stereocenters. The zero-order chi connectivity index (χ0) is 10.9. The normalized spacial score (nSPS) is 14.2. The van der Waals surface area contributed by atoms with Crippen molar-refractivity contribution in [2.45, 2.75) is 64.7 Å². The molecule has 0 saturated carbocycles. The monoisotopic (exact) mass is 236 g/mol. The van der Waals surface area contributed by atoms with E-state index < -0.39 is 6.37 Å². The molecule has 0 aliphatic carbocycles. The highest BCUT2D eigenvalue weighted by Crippen LogP contribution is 2.09. The van der Waals surface area contributed by atoms with Crippen molar-refractivity contribution >= 4 is 15.9 Å². The second kappa shape index (κ2) is 11.5. The molecular formula is C11H23Br. The number of hydrogen-bond acceptors (Lipinski definition) is 0. The lowest BCUT2D eigenvalue weighted by Crippen LogP contribution is -1.81. The predicted molar refractivity (Wildman–Crippen MR) is 61.0 cm³/mol. The van der Waals surface area contributed by atoms with E-state index in [0.29, 0.717) is 6.42 Å². The summed E-state index contributed by atoms with van der Waals surface area (Å²) in [6.45, 7) is 1.67. The van der Waals surface area contributed by atoms with Crippen molar-refractivity contribution in [3.8, 4) is 0 Å². The third-order valence-corrected chi connectivity index (χ3v) is 2.62. The van der Waals surface area contributed by atoms with E-state index in [-0.39, 0.29) is 0 Å². The molecule has 0 aliphatic heterocycles. The van der Waals surface area contributed by atoms with E-state index >= 15 is 0 Å². The van der Waals surface area contributed by atoms with Crippen molar-refractivity contribution in [1.29, 1.82) is 0 Å². The molecule has 0 aromatic carbocycles. The number of halogens is 1. The van der Waals surface area contributed by atoms with Gasteiger partial charge in [-0.15, -0.1) is 0 Å². The van der Waals surface area contributed by atoms with Gasteiger partial charge in [-0.3, -0.25) is 0 Å². The van der Waals surface area contributed by atoms with Crippen LogP contribution in [0.2, 0.25) is 0 Å². The minimum atomic E-state index is -0.962. The lowest BCUT2D eigenvalue weighted by molar-refractivity contribution is 0.573. The number of unbranched alkanes of at least 4 members (excludes halogenated alkanes) is 6. The van der Waals surface area contributed by atoms with Crippen LogP contribution in [0.3, 0.4) is 0 Å². The van der Waals surface area contributed by atoms with Crippen LogP contribution < -0.4 is 0 Å². The zero-order valence-corrected chi connectivity index (χ0v) is 9.83. The Morgan fingerprint density at radius 1 is 0.833 bits per heavy atom. The van der Waals surface area contributed by atoms with Gasteiger partial charge in [0.1, 0.15) is 0 Å². The molecule has 0 spiro atoms. The van der Waals surface area contributed by atoms with Crippen LogP contribution in [0.5, 0.6) is 0 Å². The standard InChI is InChI=1S/C11H23Br/c1-2-3-4-5-6-7-8-9-10-11-12/h2-11H2,1H3/i2D2. The average Bonchev–Trinajstić information content (AvgIpc) is 2.08. The van der Waals surface area contributed by atoms with Crippen molar-refractivity contribution in [2.75, 3.05) is 5.33 Å². The van der Waals surface area contributed by atoms with E-state index in [1.54, 1.807) is 6.92 Å². The Labute approximate surface area is 89.1 Å². The lowest BCUT2D eigenvalue weighted by atomic mass is 10.1. The molecule has 0 nitrogen and oxygen atoms in total. The van der Waals surface area contributed by atoms with Crippen molar-refractivity contribution in [2.24, 2.45) is 0 Å². The summed E-state index contributed by atoms with van der Waals surface area (Å²) in [4.78, 5) is 0. The minimum absolute atomic E-state index is 0.717. The summed E-state index contributed by atoms with van der Waals surface area (Å²) in [5, 5.41) is 1.13. The second-order valence-electron chi connectivity index (χ2n) is 3.27. The molecule has 0 aliphatic rings. The summed E-state index contributed by atoms with van der Waals surface area (Å²) in [5.74, 6) is 0. The summed E-state index contributed by atoms with van der Waals surface area (Å²) in [5.41, 5.74) is 0. The van der Waals surface area contributed by atoms with E-state index in [0.717, 1.165) is 11.8 Å². The maximum absolute atomic E-state index is 7.36. The van der Waals surface area contributed by atoms with Crippen LogP contribution in [-0.4, -0.2) is 5.33 Å². The fraction of sp³-hybridized carbons (Fsp3) is 1.00. The van der Waals surface area contributed by atoms with Crippen LogP contribution >= 0.6 is 15.9 Å². The van der Waals surface area contributed by atoms with Gasteiger partial charge < -0.3 is 0 Å². The Bertz CT molecular complexity index is 121. The maximum atomic E-state index is 7.36. The molecule has 0 fully saturated rings. The van der Waals surface area contributed by atoms with Gasteiger partial charge in [-0.1, -0.05) is 74.2 Å². The van der Waals surface area contributed by atoms with Gasteiger partial charge in [0.15, 0.2) is 0 Å². The van der Waals surface area contributed by atoms with E-state index in [9.17, 15) is 0 Å². The van der Waals surface area contributed by atoms with Crippen LogP contribution in [0.4, 0.5) is 0 Å². The predicted octanol–water partition coefficient (Wildman–Crippen LogP) is 4.91. The summed E-state index contributed by atoms with van der Waals surface area (Å²) in [6.07, 6.45) is 8.55. The highest BCUT2D eigenvalue weighted by molar-refractivity contribution is 9.09. The van der Waals surface area contributed by atoms with E-state index in [2.05, 4.69) is 15.9 Å². The van der Waals surface area contributed by atoms with Gasteiger partial charge in [0.25, 0.3) is 0 Å². The first-order valence-electron chi connectivity index (χ1n) is 6.12. The van der Waals surface area contributed by atoms with Crippen molar-refractivity contribution in [3.63, 3.8) is 0 Å².